The maximum Gasteiger partial charge on any atom is 0.150 e. The second-order valence-corrected chi connectivity index (χ2v) is 14.1. The van der Waals surface area contributed by atoms with Crippen molar-refractivity contribution in [2.75, 3.05) is 11.5 Å². The molecule has 42 heavy (non-hydrogen) atoms. The first-order valence-corrected chi connectivity index (χ1v) is 16.8. The largest absolute Gasteiger partial charge is 0.489 e. The molecule has 1 atom stereocenters. The van der Waals surface area contributed by atoms with Crippen molar-refractivity contribution in [2.45, 2.75) is 51.6 Å². The van der Waals surface area contributed by atoms with Gasteiger partial charge in [-0.15, -0.1) is 22.4 Å². The highest BCUT2D eigenvalue weighted by Crippen LogP contribution is 2.38. The van der Waals surface area contributed by atoms with Crippen molar-refractivity contribution in [3.8, 4) is 28.7 Å². The Morgan fingerprint density at radius 3 is 2.57 bits per heavy atom. The number of benzene rings is 3. The zero-order valence-corrected chi connectivity index (χ0v) is 25.3. The topological polar surface area (TPSA) is 97.8 Å². The van der Waals surface area contributed by atoms with E-state index in [-0.39, 0.29) is 17.4 Å². The summed E-state index contributed by atoms with van der Waals surface area (Å²) in [7, 11) is -2.87. The number of fused-ring (bicyclic) bond motifs is 1. The second-order valence-electron chi connectivity index (χ2n) is 10.8. The summed E-state index contributed by atoms with van der Waals surface area (Å²) >= 11 is 1.75. The normalized spacial score (nSPS) is 15.7. The third kappa shape index (κ3) is 6.25. The molecule has 1 fully saturated rings. The Kier molecular flexibility index (Phi) is 8.09. The molecule has 7 nitrogen and oxygen atoms in total. The fourth-order valence-electron chi connectivity index (χ4n) is 5.69. The Labute approximate surface area is 250 Å². The number of tetrazole rings is 1. The van der Waals surface area contributed by atoms with Crippen molar-refractivity contribution < 1.29 is 13.2 Å². The van der Waals surface area contributed by atoms with Crippen LogP contribution < -0.4 is 4.74 Å². The number of H-pyrrole nitrogens is 1. The number of nitrogens with zero attached hydrogens (tertiary/aromatic N) is 3. The Hall–Kier alpha value is -4.00. The van der Waals surface area contributed by atoms with Crippen molar-refractivity contribution in [3.05, 3.63) is 94.1 Å². The number of nitrogens with one attached hydrogen (secondary N) is 1. The maximum absolute atomic E-state index is 11.9. The first-order chi connectivity index (χ1) is 20.4. The molecule has 1 N–H and O–H groups in total. The quantitative estimate of drug-likeness (QED) is 0.203. The molecule has 0 radical (unpaired) electrons. The molecule has 5 aromatic rings. The van der Waals surface area contributed by atoms with Gasteiger partial charge in [0.2, 0.25) is 0 Å². The summed E-state index contributed by atoms with van der Waals surface area (Å²) in [6.07, 6.45) is 2.04. The summed E-state index contributed by atoms with van der Waals surface area (Å²) in [5, 5.41) is 17.6. The van der Waals surface area contributed by atoms with E-state index in [4.69, 9.17) is 4.74 Å². The summed E-state index contributed by atoms with van der Waals surface area (Å²) < 4.78 is 31.2. The number of aryl methyl sites for hydroxylation is 1. The van der Waals surface area contributed by atoms with Gasteiger partial charge in [-0.2, -0.15) is 0 Å². The first-order valence-electron chi connectivity index (χ1n) is 14.1. The number of ether oxygens (including phenoxy) is 1. The van der Waals surface area contributed by atoms with E-state index in [0.717, 1.165) is 16.9 Å². The first kappa shape index (κ1) is 28.1. The molecule has 0 spiro atoms. The molecule has 0 aliphatic carbocycles. The van der Waals surface area contributed by atoms with Gasteiger partial charge >= 0.3 is 0 Å². The van der Waals surface area contributed by atoms with E-state index in [2.05, 4.69) is 81.2 Å². The Morgan fingerprint density at radius 2 is 1.86 bits per heavy atom. The number of aromatic amines is 1. The standard InChI is InChI=1S/C33H32N4O3S2/c1-3-4-26(19-33-34-36-37-35-33)24-6-9-28(10-7-24)40-20-23-5-12-32-30(18-23)31(21-41-32)29-11-8-27(17-22(29)2)25-13-15-42(38,39)16-14-25/h5-12,17-18,21,25-26H,13-16,19-20H2,1-2H3,(H,34,35,36,37). The van der Waals surface area contributed by atoms with E-state index in [9.17, 15) is 8.42 Å². The number of aromatic nitrogens is 4. The van der Waals surface area contributed by atoms with Gasteiger partial charge in [0.05, 0.1) is 17.4 Å². The zero-order valence-electron chi connectivity index (χ0n) is 23.6. The van der Waals surface area contributed by atoms with Crippen LogP contribution in [0.4, 0.5) is 0 Å². The minimum Gasteiger partial charge on any atom is -0.489 e. The van der Waals surface area contributed by atoms with Gasteiger partial charge in [-0.3, -0.25) is 0 Å². The summed E-state index contributed by atoms with van der Waals surface area (Å²) in [5.74, 6) is 8.65. The van der Waals surface area contributed by atoms with Crippen LogP contribution in [0.3, 0.4) is 0 Å². The average molecular weight is 597 g/mol. The van der Waals surface area contributed by atoms with Crippen molar-refractivity contribution in [1.29, 1.82) is 0 Å². The minimum absolute atomic E-state index is 0.00504. The highest BCUT2D eigenvalue weighted by atomic mass is 32.2. The molecule has 1 aliphatic rings. The number of rotatable bonds is 8. The van der Waals surface area contributed by atoms with Crippen LogP contribution in [0.2, 0.25) is 0 Å². The lowest BCUT2D eigenvalue weighted by molar-refractivity contribution is 0.306. The van der Waals surface area contributed by atoms with E-state index in [1.807, 2.05) is 31.2 Å². The van der Waals surface area contributed by atoms with E-state index in [0.29, 0.717) is 37.6 Å². The molecular formula is C33H32N4O3S2. The zero-order chi connectivity index (χ0) is 29.1. The smallest absolute Gasteiger partial charge is 0.150 e. The van der Waals surface area contributed by atoms with Crippen LogP contribution in [-0.2, 0) is 22.9 Å². The van der Waals surface area contributed by atoms with Crippen LogP contribution in [0.5, 0.6) is 5.75 Å². The molecule has 1 saturated heterocycles. The van der Waals surface area contributed by atoms with Gasteiger partial charge in [0.1, 0.15) is 28.0 Å². The van der Waals surface area contributed by atoms with Crippen LogP contribution >= 0.6 is 11.3 Å². The summed E-state index contributed by atoms with van der Waals surface area (Å²) in [6.45, 7) is 4.45. The number of thiophene rings is 1. The minimum atomic E-state index is -2.87. The molecule has 0 bridgehead atoms. The lowest BCUT2D eigenvalue weighted by Gasteiger charge is -2.23. The molecule has 2 aromatic heterocycles. The second kappa shape index (κ2) is 12.1. The van der Waals surface area contributed by atoms with Crippen molar-refractivity contribution >= 4 is 31.3 Å². The highest BCUT2D eigenvalue weighted by molar-refractivity contribution is 7.91. The third-order valence-electron chi connectivity index (χ3n) is 8.00. The van der Waals surface area contributed by atoms with Gasteiger partial charge in [0, 0.05) is 22.1 Å². The number of hydrogen-bond donors (Lipinski definition) is 1. The molecule has 3 aromatic carbocycles. The SMILES string of the molecule is CC#CC(Cc1nnn[nH]1)c1ccc(OCc2ccc3scc(-c4ccc(C5CCS(=O)(=O)CC5)cc4C)c3c2)cc1. The van der Waals surface area contributed by atoms with Gasteiger partial charge in [0.15, 0.2) is 0 Å². The van der Waals surface area contributed by atoms with Gasteiger partial charge in [-0.1, -0.05) is 42.3 Å². The molecule has 0 saturated carbocycles. The van der Waals surface area contributed by atoms with Gasteiger partial charge in [0.25, 0.3) is 0 Å². The fraction of sp³-hybridized carbons (Fsp3) is 0.303. The number of sulfone groups is 1. The number of hydrogen-bond acceptors (Lipinski definition) is 7. The third-order valence-corrected chi connectivity index (χ3v) is 10.7. The highest BCUT2D eigenvalue weighted by Gasteiger charge is 2.25. The van der Waals surface area contributed by atoms with Crippen molar-refractivity contribution in [3.63, 3.8) is 0 Å². The van der Waals surface area contributed by atoms with E-state index in [1.165, 1.54) is 32.3 Å². The molecular weight excluding hydrogens is 565 g/mol. The Bertz CT molecular complexity index is 1850. The van der Waals surface area contributed by atoms with Crippen molar-refractivity contribution in [1.82, 2.24) is 20.6 Å². The van der Waals surface area contributed by atoms with Crippen molar-refractivity contribution in [2.24, 2.45) is 0 Å². The predicted molar refractivity (Wildman–Crippen MR) is 167 cm³/mol. The van der Waals surface area contributed by atoms with E-state index >= 15 is 0 Å². The Morgan fingerprint density at radius 1 is 1.05 bits per heavy atom. The van der Waals surface area contributed by atoms with Crippen LogP contribution in [0.1, 0.15) is 59.7 Å². The van der Waals surface area contributed by atoms with Gasteiger partial charge < -0.3 is 4.74 Å². The van der Waals surface area contributed by atoms with E-state index < -0.39 is 9.84 Å². The monoisotopic (exact) mass is 596 g/mol. The predicted octanol–water partition coefficient (Wildman–Crippen LogP) is 6.61. The van der Waals surface area contributed by atoms with Gasteiger partial charge in [-0.25, -0.2) is 13.5 Å². The molecule has 0 amide bonds. The average Bonchev–Trinajstić information content (AvgIpc) is 3.66. The van der Waals surface area contributed by atoms with Gasteiger partial charge in [-0.05, 0) is 100 Å². The van der Waals surface area contributed by atoms with Crippen LogP contribution in [0.15, 0.2) is 66.0 Å². The molecule has 3 heterocycles. The van der Waals surface area contributed by atoms with Crippen LogP contribution in [0, 0.1) is 18.8 Å². The fourth-order valence-corrected chi connectivity index (χ4v) is 8.12. The Balaban J connectivity index is 1.16. The summed E-state index contributed by atoms with van der Waals surface area (Å²) in [4.78, 5) is 0. The molecule has 9 heteroatoms. The molecule has 214 valence electrons. The summed E-state index contributed by atoms with van der Waals surface area (Å²) in [6, 6.07) is 21.2. The lowest BCUT2D eigenvalue weighted by Crippen LogP contribution is -2.22. The maximum atomic E-state index is 11.9. The molecule has 1 aliphatic heterocycles. The summed E-state index contributed by atoms with van der Waals surface area (Å²) in [5.41, 5.74) is 7.10. The van der Waals surface area contributed by atoms with Crippen LogP contribution in [0.25, 0.3) is 21.2 Å². The molecule has 6 rings (SSSR count). The lowest BCUT2D eigenvalue weighted by atomic mass is 9.89. The molecule has 1 unspecified atom stereocenters. The van der Waals surface area contributed by atoms with Crippen LogP contribution in [-0.4, -0.2) is 40.5 Å². The van der Waals surface area contributed by atoms with E-state index in [1.54, 1.807) is 11.3 Å².